The maximum atomic E-state index is 12.4. The Morgan fingerprint density at radius 1 is 1.11 bits per heavy atom. The van der Waals surface area contributed by atoms with Gasteiger partial charge < -0.3 is 15.2 Å². The molecule has 0 aliphatic carbocycles. The lowest BCUT2D eigenvalue weighted by Crippen LogP contribution is -2.34. The number of fused-ring (bicyclic) bond motifs is 1. The van der Waals surface area contributed by atoms with E-state index in [1.54, 1.807) is 0 Å². The summed E-state index contributed by atoms with van der Waals surface area (Å²) in [6.45, 7) is 2.79. The van der Waals surface area contributed by atoms with E-state index < -0.39 is 0 Å². The molecule has 0 aliphatic rings. The average molecular weight is 378 g/mol. The van der Waals surface area contributed by atoms with Crippen LogP contribution in [0.5, 0.6) is 0 Å². The maximum Gasteiger partial charge on any atom is 0.220 e. The van der Waals surface area contributed by atoms with Crippen molar-refractivity contribution in [3.8, 4) is 0 Å². The number of amides is 1. The van der Waals surface area contributed by atoms with Crippen LogP contribution in [0.1, 0.15) is 42.5 Å². The Morgan fingerprint density at radius 2 is 1.86 bits per heavy atom. The third-order valence-corrected chi connectivity index (χ3v) is 5.41. The quantitative estimate of drug-likeness (QED) is 0.578. The molecule has 0 radical (unpaired) electrons. The number of nitrogens with one attached hydrogen (secondary N) is 2. The van der Waals surface area contributed by atoms with Gasteiger partial charge in [0.2, 0.25) is 5.91 Å². The first kappa shape index (κ1) is 20.2. The molecule has 1 atom stereocenters. The third kappa shape index (κ3) is 5.02. The van der Waals surface area contributed by atoms with E-state index in [4.69, 9.17) is 0 Å². The van der Waals surface area contributed by atoms with Gasteiger partial charge in [-0.3, -0.25) is 4.79 Å². The summed E-state index contributed by atoms with van der Waals surface area (Å²) in [4.78, 5) is 17.8. The van der Waals surface area contributed by atoms with E-state index in [2.05, 4.69) is 84.9 Å². The lowest BCUT2D eigenvalue weighted by atomic mass is 10.0. The summed E-state index contributed by atoms with van der Waals surface area (Å²) >= 11 is 0. The molecule has 4 heteroatoms. The fraction of sp³-hybridized carbons (Fsp3) is 0.375. The summed E-state index contributed by atoms with van der Waals surface area (Å²) in [5.41, 5.74) is 5.01. The maximum absolute atomic E-state index is 12.4. The number of hydrogen-bond acceptors (Lipinski definition) is 2. The van der Waals surface area contributed by atoms with Crippen molar-refractivity contribution in [2.75, 3.05) is 20.6 Å². The Kier molecular flexibility index (Phi) is 6.88. The standard InChI is InChI=1S/C24H31N3O/c1-4-18-12-14-19(15-13-18)23(27(2)3)17-26-24(28)11-7-8-20-16-25-22-10-6-5-9-21(20)22/h5-6,9-10,12-16,23,25H,4,7-8,11,17H2,1-3H3,(H,26,28)/t23-/m1/s1. The van der Waals surface area contributed by atoms with Crippen LogP contribution in [0, 0.1) is 0 Å². The molecule has 0 fully saturated rings. The Morgan fingerprint density at radius 3 is 2.57 bits per heavy atom. The summed E-state index contributed by atoms with van der Waals surface area (Å²) in [5.74, 6) is 0.122. The number of benzene rings is 2. The predicted octanol–water partition coefficient (Wildman–Crippen LogP) is 4.47. The molecule has 0 aliphatic heterocycles. The second-order valence-corrected chi connectivity index (χ2v) is 7.59. The van der Waals surface area contributed by atoms with E-state index in [-0.39, 0.29) is 11.9 Å². The van der Waals surface area contributed by atoms with Crippen molar-refractivity contribution >= 4 is 16.8 Å². The van der Waals surface area contributed by atoms with Crippen LogP contribution in [-0.2, 0) is 17.6 Å². The zero-order valence-electron chi connectivity index (χ0n) is 17.2. The van der Waals surface area contributed by atoms with Gasteiger partial charge in [0.1, 0.15) is 0 Å². The molecule has 3 aromatic rings. The summed E-state index contributed by atoms with van der Waals surface area (Å²) in [7, 11) is 4.11. The molecule has 0 bridgehead atoms. The summed E-state index contributed by atoms with van der Waals surface area (Å²) in [6, 6.07) is 17.2. The minimum Gasteiger partial charge on any atom is -0.361 e. The fourth-order valence-electron chi connectivity index (χ4n) is 3.65. The van der Waals surface area contributed by atoms with Gasteiger partial charge in [-0.05, 0) is 56.1 Å². The second kappa shape index (κ2) is 9.56. The Hall–Kier alpha value is -2.59. The molecular formula is C24H31N3O. The molecule has 1 heterocycles. The molecule has 28 heavy (non-hydrogen) atoms. The SMILES string of the molecule is CCc1ccc([C@@H](CNC(=O)CCCc2c[nH]c3ccccc23)N(C)C)cc1. The van der Waals surface area contributed by atoms with Crippen LogP contribution in [0.3, 0.4) is 0 Å². The number of aromatic nitrogens is 1. The zero-order chi connectivity index (χ0) is 19.9. The van der Waals surface area contributed by atoms with Crippen LogP contribution < -0.4 is 5.32 Å². The van der Waals surface area contributed by atoms with Crippen molar-refractivity contribution in [2.24, 2.45) is 0 Å². The lowest BCUT2D eigenvalue weighted by Gasteiger charge is -2.25. The highest BCUT2D eigenvalue weighted by Crippen LogP contribution is 2.20. The molecule has 0 saturated heterocycles. The van der Waals surface area contributed by atoms with Crippen molar-refractivity contribution < 1.29 is 4.79 Å². The van der Waals surface area contributed by atoms with Gasteiger partial charge in [0.15, 0.2) is 0 Å². The summed E-state index contributed by atoms with van der Waals surface area (Å²) < 4.78 is 0. The molecule has 2 N–H and O–H groups in total. The first-order chi connectivity index (χ1) is 13.6. The largest absolute Gasteiger partial charge is 0.361 e. The molecule has 1 aromatic heterocycles. The number of likely N-dealkylation sites (N-methyl/N-ethyl adjacent to an activating group) is 1. The third-order valence-electron chi connectivity index (χ3n) is 5.41. The van der Waals surface area contributed by atoms with E-state index in [1.807, 2.05) is 6.07 Å². The number of rotatable bonds is 9. The zero-order valence-corrected chi connectivity index (χ0v) is 17.2. The molecule has 148 valence electrons. The Bertz CT molecular complexity index is 896. The van der Waals surface area contributed by atoms with E-state index in [9.17, 15) is 4.79 Å². The van der Waals surface area contributed by atoms with Crippen LogP contribution >= 0.6 is 0 Å². The lowest BCUT2D eigenvalue weighted by molar-refractivity contribution is -0.121. The number of aryl methyl sites for hydroxylation is 2. The summed E-state index contributed by atoms with van der Waals surface area (Å²) in [5, 5.41) is 4.38. The van der Waals surface area contributed by atoms with Crippen molar-refractivity contribution in [1.82, 2.24) is 15.2 Å². The van der Waals surface area contributed by atoms with Crippen LogP contribution in [0.25, 0.3) is 10.9 Å². The second-order valence-electron chi connectivity index (χ2n) is 7.59. The van der Waals surface area contributed by atoms with E-state index in [0.717, 1.165) is 24.8 Å². The van der Waals surface area contributed by atoms with E-state index in [1.165, 1.54) is 22.1 Å². The molecule has 2 aromatic carbocycles. The van der Waals surface area contributed by atoms with E-state index >= 15 is 0 Å². The number of H-pyrrole nitrogens is 1. The minimum atomic E-state index is 0.122. The highest BCUT2D eigenvalue weighted by molar-refractivity contribution is 5.83. The van der Waals surface area contributed by atoms with Gasteiger partial charge in [-0.15, -0.1) is 0 Å². The molecule has 0 saturated carbocycles. The number of carbonyl (C=O) groups excluding carboxylic acids is 1. The van der Waals surface area contributed by atoms with Crippen molar-refractivity contribution in [1.29, 1.82) is 0 Å². The van der Waals surface area contributed by atoms with Gasteiger partial charge in [-0.1, -0.05) is 49.4 Å². The van der Waals surface area contributed by atoms with Gasteiger partial charge in [0.25, 0.3) is 0 Å². The topological polar surface area (TPSA) is 48.1 Å². The van der Waals surface area contributed by atoms with Gasteiger partial charge in [-0.2, -0.15) is 0 Å². The van der Waals surface area contributed by atoms with Crippen molar-refractivity contribution in [2.45, 2.75) is 38.6 Å². The molecule has 3 rings (SSSR count). The van der Waals surface area contributed by atoms with Gasteiger partial charge in [-0.25, -0.2) is 0 Å². The molecule has 4 nitrogen and oxygen atoms in total. The normalized spacial score (nSPS) is 12.4. The first-order valence-electron chi connectivity index (χ1n) is 10.2. The smallest absolute Gasteiger partial charge is 0.220 e. The number of nitrogens with zero attached hydrogens (tertiary/aromatic N) is 1. The fourth-order valence-corrected chi connectivity index (χ4v) is 3.65. The van der Waals surface area contributed by atoms with Crippen LogP contribution in [0.4, 0.5) is 0 Å². The van der Waals surface area contributed by atoms with Crippen molar-refractivity contribution in [3.05, 3.63) is 71.4 Å². The van der Waals surface area contributed by atoms with Crippen LogP contribution in [-0.4, -0.2) is 36.4 Å². The minimum absolute atomic E-state index is 0.122. The van der Waals surface area contributed by atoms with Gasteiger partial charge in [0, 0.05) is 30.1 Å². The Balaban J connectivity index is 1.49. The Labute approximate surface area is 167 Å². The monoisotopic (exact) mass is 377 g/mol. The predicted molar refractivity (Wildman–Crippen MR) is 116 cm³/mol. The molecule has 1 amide bonds. The van der Waals surface area contributed by atoms with Crippen LogP contribution in [0.15, 0.2) is 54.7 Å². The molecule has 0 spiro atoms. The van der Waals surface area contributed by atoms with E-state index in [0.29, 0.717) is 13.0 Å². The number of aromatic amines is 1. The van der Waals surface area contributed by atoms with Crippen molar-refractivity contribution in [3.63, 3.8) is 0 Å². The van der Waals surface area contributed by atoms with Crippen LogP contribution in [0.2, 0.25) is 0 Å². The van der Waals surface area contributed by atoms with Gasteiger partial charge in [0.05, 0.1) is 6.04 Å². The van der Waals surface area contributed by atoms with Gasteiger partial charge >= 0.3 is 0 Å². The number of hydrogen-bond donors (Lipinski definition) is 2. The highest BCUT2D eigenvalue weighted by atomic mass is 16.1. The highest BCUT2D eigenvalue weighted by Gasteiger charge is 2.15. The first-order valence-corrected chi connectivity index (χ1v) is 10.2. The average Bonchev–Trinajstić information content (AvgIpc) is 3.11. The molecular weight excluding hydrogens is 346 g/mol. The number of carbonyl (C=O) groups is 1. The number of para-hydroxylation sites is 1. The molecule has 0 unspecified atom stereocenters. The summed E-state index contributed by atoms with van der Waals surface area (Å²) in [6.07, 6.45) is 5.41.